The highest BCUT2D eigenvalue weighted by atomic mass is 19.1. The minimum Gasteiger partial charge on any atom is -0.374 e. The van der Waals surface area contributed by atoms with Gasteiger partial charge in [0.2, 0.25) is 0 Å². The van der Waals surface area contributed by atoms with E-state index in [9.17, 15) is 8.78 Å². The third kappa shape index (κ3) is 8.22. The molecule has 1 aliphatic rings. The van der Waals surface area contributed by atoms with Crippen LogP contribution in [0, 0.1) is 17.6 Å². The van der Waals surface area contributed by atoms with Crippen LogP contribution in [0.4, 0.5) is 8.78 Å². The van der Waals surface area contributed by atoms with Gasteiger partial charge in [0.1, 0.15) is 11.6 Å². The fourth-order valence-corrected chi connectivity index (χ4v) is 3.19. The van der Waals surface area contributed by atoms with E-state index in [0.717, 1.165) is 38.9 Å². The van der Waals surface area contributed by atoms with Crippen LogP contribution in [-0.4, -0.2) is 62.8 Å². The standard InChI is InChI=1S/C20H32F2N4O/c1-4-23-20(24-6-5-16-9-17(21)11-18(22)10-16)25-12-19-14-26(7-8-27-19)13-15(2)3/h9-11,15,19H,4-8,12-14H2,1-3H3,(H2,23,24,25). The van der Waals surface area contributed by atoms with E-state index in [2.05, 4.69) is 34.4 Å². The molecule has 1 heterocycles. The molecule has 1 fully saturated rings. The Morgan fingerprint density at radius 1 is 1.26 bits per heavy atom. The number of hydrogen-bond acceptors (Lipinski definition) is 3. The highest BCUT2D eigenvalue weighted by molar-refractivity contribution is 5.79. The number of benzene rings is 1. The Bertz CT molecular complexity index is 589. The first-order valence-electron chi connectivity index (χ1n) is 9.77. The molecule has 5 nitrogen and oxygen atoms in total. The van der Waals surface area contributed by atoms with Crippen molar-refractivity contribution >= 4 is 5.96 Å². The molecule has 0 saturated carbocycles. The van der Waals surface area contributed by atoms with E-state index in [0.29, 0.717) is 37.0 Å². The monoisotopic (exact) mass is 382 g/mol. The molecule has 1 aromatic carbocycles. The molecule has 2 N–H and O–H groups in total. The van der Waals surface area contributed by atoms with Crippen molar-refractivity contribution < 1.29 is 13.5 Å². The Balaban J connectivity index is 1.82. The quantitative estimate of drug-likeness (QED) is 0.536. The summed E-state index contributed by atoms with van der Waals surface area (Å²) >= 11 is 0. The summed E-state index contributed by atoms with van der Waals surface area (Å²) < 4.78 is 32.3. The predicted octanol–water partition coefficient (Wildman–Crippen LogP) is 2.42. The third-order valence-corrected chi connectivity index (χ3v) is 4.27. The molecule has 0 amide bonds. The van der Waals surface area contributed by atoms with E-state index in [1.165, 1.54) is 12.1 Å². The first-order chi connectivity index (χ1) is 13.0. The Hall–Kier alpha value is -1.73. The van der Waals surface area contributed by atoms with Crippen LogP contribution in [0.3, 0.4) is 0 Å². The maximum Gasteiger partial charge on any atom is 0.191 e. The number of aliphatic imine (C=N–C) groups is 1. The van der Waals surface area contributed by atoms with Gasteiger partial charge in [-0.2, -0.15) is 0 Å². The van der Waals surface area contributed by atoms with Gasteiger partial charge in [-0.1, -0.05) is 13.8 Å². The van der Waals surface area contributed by atoms with Crippen LogP contribution in [0.2, 0.25) is 0 Å². The second-order valence-electron chi connectivity index (χ2n) is 7.32. The molecule has 0 bridgehead atoms. The molecular formula is C20H32F2N4O. The van der Waals surface area contributed by atoms with Gasteiger partial charge < -0.3 is 15.4 Å². The molecule has 0 aliphatic carbocycles. The Morgan fingerprint density at radius 2 is 2.00 bits per heavy atom. The number of guanidine groups is 1. The molecule has 0 aromatic heterocycles. The molecule has 152 valence electrons. The molecule has 2 rings (SSSR count). The lowest BCUT2D eigenvalue weighted by atomic mass is 10.1. The number of rotatable bonds is 8. The van der Waals surface area contributed by atoms with Gasteiger partial charge in [0, 0.05) is 38.8 Å². The van der Waals surface area contributed by atoms with Gasteiger partial charge >= 0.3 is 0 Å². The van der Waals surface area contributed by atoms with Crippen LogP contribution in [0.5, 0.6) is 0 Å². The molecule has 27 heavy (non-hydrogen) atoms. The smallest absolute Gasteiger partial charge is 0.191 e. The maximum absolute atomic E-state index is 13.3. The largest absolute Gasteiger partial charge is 0.374 e. The van der Waals surface area contributed by atoms with Crippen molar-refractivity contribution in [3.8, 4) is 0 Å². The van der Waals surface area contributed by atoms with E-state index in [4.69, 9.17) is 4.74 Å². The first-order valence-corrected chi connectivity index (χ1v) is 9.77. The summed E-state index contributed by atoms with van der Waals surface area (Å²) in [5.74, 6) is 0.231. The molecule has 0 radical (unpaired) electrons. The highest BCUT2D eigenvalue weighted by Crippen LogP contribution is 2.09. The molecule has 1 aromatic rings. The maximum atomic E-state index is 13.3. The van der Waals surface area contributed by atoms with Gasteiger partial charge in [0.25, 0.3) is 0 Å². The van der Waals surface area contributed by atoms with Crippen LogP contribution in [0.1, 0.15) is 26.3 Å². The highest BCUT2D eigenvalue weighted by Gasteiger charge is 2.20. The summed E-state index contributed by atoms with van der Waals surface area (Å²) in [6, 6.07) is 3.59. The van der Waals surface area contributed by atoms with E-state index in [-0.39, 0.29) is 6.10 Å². The molecule has 0 spiro atoms. The van der Waals surface area contributed by atoms with Gasteiger partial charge in [-0.05, 0) is 37.0 Å². The third-order valence-electron chi connectivity index (χ3n) is 4.27. The zero-order valence-corrected chi connectivity index (χ0v) is 16.6. The summed E-state index contributed by atoms with van der Waals surface area (Å²) in [6.45, 7) is 12.0. The molecule has 1 aliphatic heterocycles. The van der Waals surface area contributed by atoms with Crippen molar-refractivity contribution in [1.82, 2.24) is 15.5 Å². The fourth-order valence-electron chi connectivity index (χ4n) is 3.19. The van der Waals surface area contributed by atoms with Gasteiger partial charge in [-0.3, -0.25) is 9.89 Å². The number of hydrogen-bond donors (Lipinski definition) is 2. The lowest BCUT2D eigenvalue weighted by Crippen LogP contribution is -2.46. The van der Waals surface area contributed by atoms with E-state index in [1.807, 2.05) is 6.92 Å². The minimum atomic E-state index is -0.550. The Kier molecular flexibility index (Phi) is 8.94. The molecule has 1 unspecified atom stereocenters. The first kappa shape index (κ1) is 21.6. The van der Waals surface area contributed by atoms with Gasteiger partial charge in [0.05, 0.1) is 19.3 Å². The van der Waals surface area contributed by atoms with E-state index >= 15 is 0 Å². The van der Waals surface area contributed by atoms with Crippen molar-refractivity contribution in [3.63, 3.8) is 0 Å². The average molecular weight is 382 g/mol. The van der Waals surface area contributed by atoms with Crippen LogP contribution in [0.25, 0.3) is 0 Å². The topological polar surface area (TPSA) is 48.9 Å². The van der Waals surface area contributed by atoms with Crippen LogP contribution in [-0.2, 0) is 11.2 Å². The van der Waals surface area contributed by atoms with Crippen molar-refractivity contribution in [1.29, 1.82) is 0 Å². The van der Waals surface area contributed by atoms with Crippen LogP contribution in [0.15, 0.2) is 23.2 Å². The molecule has 1 saturated heterocycles. The zero-order valence-electron chi connectivity index (χ0n) is 16.6. The van der Waals surface area contributed by atoms with Gasteiger partial charge in [0.15, 0.2) is 5.96 Å². The van der Waals surface area contributed by atoms with E-state index < -0.39 is 11.6 Å². The summed E-state index contributed by atoms with van der Waals surface area (Å²) in [5, 5.41) is 6.41. The number of nitrogens with one attached hydrogen (secondary N) is 2. The fraction of sp³-hybridized carbons (Fsp3) is 0.650. The lowest BCUT2D eigenvalue weighted by Gasteiger charge is -2.33. The Morgan fingerprint density at radius 3 is 2.67 bits per heavy atom. The van der Waals surface area contributed by atoms with E-state index in [1.54, 1.807) is 0 Å². The number of morpholine rings is 1. The number of halogens is 2. The second kappa shape index (κ2) is 11.2. The van der Waals surface area contributed by atoms with Crippen LogP contribution < -0.4 is 10.6 Å². The van der Waals surface area contributed by atoms with Crippen molar-refractivity contribution in [2.45, 2.75) is 33.3 Å². The van der Waals surface area contributed by atoms with Crippen molar-refractivity contribution in [2.75, 3.05) is 45.9 Å². The summed E-state index contributed by atoms with van der Waals surface area (Å²) in [5.41, 5.74) is 0.621. The average Bonchev–Trinajstić information content (AvgIpc) is 2.58. The van der Waals surface area contributed by atoms with Gasteiger partial charge in [-0.25, -0.2) is 8.78 Å². The lowest BCUT2D eigenvalue weighted by molar-refractivity contribution is -0.0261. The van der Waals surface area contributed by atoms with Crippen LogP contribution >= 0.6 is 0 Å². The van der Waals surface area contributed by atoms with Gasteiger partial charge in [-0.15, -0.1) is 0 Å². The minimum absolute atomic E-state index is 0.0882. The SMILES string of the molecule is CCNC(=NCC1CN(CC(C)C)CCO1)NCCc1cc(F)cc(F)c1. The van der Waals surface area contributed by atoms with Crippen molar-refractivity contribution in [3.05, 3.63) is 35.4 Å². The molecule has 1 atom stereocenters. The number of ether oxygens (including phenoxy) is 1. The summed E-state index contributed by atoms with van der Waals surface area (Å²) in [7, 11) is 0. The van der Waals surface area contributed by atoms with Crippen molar-refractivity contribution in [2.24, 2.45) is 10.9 Å². The molecular weight excluding hydrogens is 350 g/mol. The summed E-state index contributed by atoms with van der Waals surface area (Å²) in [4.78, 5) is 7.04. The predicted molar refractivity (Wildman–Crippen MR) is 105 cm³/mol. The Labute approximate surface area is 161 Å². The normalized spacial score (nSPS) is 18.7. The second-order valence-corrected chi connectivity index (χ2v) is 7.32. The zero-order chi connectivity index (χ0) is 19.6. The molecule has 7 heteroatoms. The summed E-state index contributed by atoms with van der Waals surface area (Å²) in [6.07, 6.45) is 0.603. The number of nitrogens with zero attached hydrogens (tertiary/aromatic N) is 2.